The molecule has 0 radical (unpaired) electrons. The number of Topliss-reactive ketones (excluding diaryl/α,β-unsaturated/α-hetero) is 1. The zero-order valence-corrected chi connectivity index (χ0v) is 8.48. The Balaban J connectivity index is 2.22. The van der Waals surface area contributed by atoms with Crippen molar-refractivity contribution in [2.45, 2.75) is 25.7 Å². The van der Waals surface area contributed by atoms with Gasteiger partial charge >= 0.3 is 0 Å². The highest BCUT2D eigenvalue weighted by atomic mass is 32.1. The van der Waals surface area contributed by atoms with Crippen LogP contribution in [0.3, 0.4) is 0 Å². The number of carbonyl (C=O) groups excluding carboxylic acids is 1. The Kier molecular flexibility index (Phi) is 4.47. The lowest BCUT2D eigenvalue weighted by atomic mass is 10.1. The minimum atomic E-state index is 0.337. The highest BCUT2D eigenvalue weighted by Crippen LogP contribution is 2.11. The van der Waals surface area contributed by atoms with Crippen LogP contribution >= 0.6 is 11.3 Å². The van der Waals surface area contributed by atoms with E-state index >= 15 is 0 Å². The minimum absolute atomic E-state index is 0.337. The van der Waals surface area contributed by atoms with E-state index in [1.165, 1.54) is 4.88 Å². The second-order valence-corrected chi connectivity index (χ2v) is 4.01. The van der Waals surface area contributed by atoms with Crippen molar-refractivity contribution in [3.8, 4) is 0 Å². The molecule has 0 aliphatic carbocycles. The number of hydrogen-bond donors (Lipinski definition) is 0. The maximum atomic E-state index is 11.4. The van der Waals surface area contributed by atoms with E-state index in [9.17, 15) is 4.79 Å². The molecular weight excluding hydrogens is 180 g/mol. The fraction of sp³-hybridized carbons (Fsp3) is 0.364. The lowest BCUT2D eigenvalue weighted by Crippen LogP contribution is -2.00. The van der Waals surface area contributed by atoms with Crippen LogP contribution in [0.25, 0.3) is 0 Å². The van der Waals surface area contributed by atoms with E-state index in [2.05, 4.69) is 6.58 Å². The summed E-state index contributed by atoms with van der Waals surface area (Å²) in [7, 11) is 0. The molecule has 0 amide bonds. The molecule has 0 bridgehead atoms. The Morgan fingerprint density at radius 3 is 3.08 bits per heavy atom. The molecule has 0 aliphatic rings. The molecule has 0 atom stereocenters. The van der Waals surface area contributed by atoms with E-state index in [-0.39, 0.29) is 0 Å². The molecule has 0 N–H and O–H groups in total. The van der Waals surface area contributed by atoms with Gasteiger partial charge in [0.2, 0.25) is 0 Å². The van der Waals surface area contributed by atoms with E-state index < -0.39 is 0 Å². The Hall–Kier alpha value is -0.890. The van der Waals surface area contributed by atoms with E-state index in [4.69, 9.17) is 0 Å². The summed E-state index contributed by atoms with van der Waals surface area (Å²) in [4.78, 5) is 12.5. The summed E-state index contributed by atoms with van der Waals surface area (Å²) >= 11 is 1.65. The van der Waals surface area contributed by atoms with Crippen LogP contribution in [0.15, 0.2) is 30.2 Å². The van der Waals surface area contributed by atoms with Gasteiger partial charge in [-0.05, 0) is 24.3 Å². The summed E-state index contributed by atoms with van der Waals surface area (Å²) in [6, 6.07) is 3.99. The second-order valence-electron chi connectivity index (χ2n) is 2.98. The first-order chi connectivity index (χ1) is 6.33. The van der Waals surface area contributed by atoms with Gasteiger partial charge in [-0.15, -0.1) is 17.9 Å². The van der Waals surface area contributed by atoms with Crippen LogP contribution < -0.4 is 0 Å². The van der Waals surface area contributed by atoms with Gasteiger partial charge in [-0.2, -0.15) is 0 Å². The van der Waals surface area contributed by atoms with Gasteiger partial charge in [0.1, 0.15) is 5.78 Å². The van der Waals surface area contributed by atoms with Crippen LogP contribution in [0, 0.1) is 0 Å². The van der Waals surface area contributed by atoms with Gasteiger partial charge in [0, 0.05) is 17.7 Å². The van der Waals surface area contributed by atoms with Gasteiger partial charge < -0.3 is 0 Å². The molecule has 2 heteroatoms. The first-order valence-electron chi connectivity index (χ1n) is 4.48. The van der Waals surface area contributed by atoms with Gasteiger partial charge in [0.05, 0.1) is 0 Å². The highest BCUT2D eigenvalue weighted by molar-refractivity contribution is 7.10. The summed E-state index contributed by atoms with van der Waals surface area (Å²) in [5.74, 6) is 0.337. The molecule has 0 fully saturated rings. The van der Waals surface area contributed by atoms with Crippen molar-refractivity contribution >= 4 is 17.1 Å². The molecule has 1 heterocycles. The minimum Gasteiger partial charge on any atom is -0.299 e. The smallest absolute Gasteiger partial charge is 0.138 e. The fourth-order valence-corrected chi connectivity index (χ4v) is 1.87. The molecule has 13 heavy (non-hydrogen) atoms. The van der Waals surface area contributed by atoms with E-state index in [1.807, 2.05) is 23.6 Å². The molecule has 0 unspecified atom stereocenters. The number of rotatable bonds is 6. The molecule has 1 rings (SSSR count). The molecule has 1 nitrogen and oxygen atoms in total. The summed E-state index contributed by atoms with van der Waals surface area (Å²) in [6.45, 7) is 3.62. The average molecular weight is 194 g/mol. The molecule has 0 aliphatic heterocycles. The standard InChI is InChI=1S/C11H14OS/c1-2-3-4-6-10(12)9-11-7-5-8-13-11/h2,5,7-8H,1,3-4,6,9H2. The third-order valence-corrected chi connectivity index (χ3v) is 2.69. The number of carbonyl (C=O) groups is 1. The molecule has 0 saturated heterocycles. The quantitative estimate of drug-likeness (QED) is 0.502. The monoisotopic (exact) mass is 194 g/mol. The maximum Gasteiger partial charge on any atom is 0.138 e. The molecular formula is C11H14OS. The van der Waals surface area contributed by atoms with Crippen molar-refractivity contribution in [1.82, 2.24) is 0 Å². The van der Waals surface area contributed by atoms with Gasteiger partial charge in [-0.25, -0.2) is 0 Å². The van der Waals surface area contributed by atoms with Gasteiger partial charge in [-0.1, -0.05) is 12.1 Å². The number of hydrogen-bond acceptors (Lipinski definition) is 2. The second kappa shape index (κ2) is 5.70. The van der Waals surface area contributed by atoms with Gasteiger partial charge in [-0.3, -0.25) is 4.79 Å². The van der Waals surface area contributed by atoms with Gasteiger partial charge in [0.15, 0.2) is 0 Å². The summed E-state index contributed by atoms with van der Waals surface area (Å²) in [5, 5.41) is 2.01. The Bertz CT molecular complexity index is 262. The zero-order valence-electron chi connectivity index (χ0n) is 7.66. The first kappa shape index (κ1) is 10.2. The van der Waals surface area contributed by atoms with Crippen molar-refractivity contribution in [2.24, 2.45) is 0 Å². The number of allylic oxidation sites excluding steroid dienone is 1. The van der Waals surface area contributed by atoms with Crippen LogP contribution in [-0.4, -0.2) is 5.78 Å². The fourth-order valence-electron chi connectivity index (χ4n) is 1.14. The van der Waals surface area contributed by atoms with Crippen LogP contribution in [0.5, 0.6) is 0 Å². The van der Waals surface area contributed by atoms with Crippen molar-refractivity contribution in [3.63, 3.8) is 0 Å². The van der Waals surface area contributed by atoms with Crippen molar-refractivity contribution < 1.29 is 4.79 Å². The Labute approximate surface area is 83.1 Å². The third-order valence-electron chi connectivity index (χ3n) is 1.82. The lowest BCUT2D eigenvalue weighted by molar-refractivity contribution is -0.118. The van der Waals surface area contributed by atoms with Crippen molar-refractivity contribution in [2.75, 3.05) is 0 Å². The highest BCUT2D eigenvalue weighted by Gasteiger charge is 2.03. The van der Waals surface area contributed by atoms with Crippen molar-refractivity contribution in [3.05, 3.63) is 35.0 Å². The van der Waals surface area contributed by atoms with Crippen LogP contribution in [0.2, 0.25) is 0 Å². The number of thiophene rings is 1. The van der Waals surface area contributed by atoms with Crippen LogP contribution in [-0.2, 0) is 11.2 Å². The van der Waals surface area contributed by atoms with Crippen LogP contribution in [0.4, 0.5) is 0 Å². The molecule has 1 aromatic rings. The molecule has 1 aromatic heterocycles. The number of ketones is 1. The predicted octanol–water partition coefficient (Wildman–Crippen LogP) is 3.22. The molecule has 0 aromatic carbocycles. The van der Waals surface area contributed by atoms with E-state index in [0.717, 1.165) is 12.8 Å². The topological polar surface area (TPSA) is 17.1 Å². The summed E-state index contributed by atoms with van der Waals surface area (Å²) in [5.41, 5.74) is 0. The molecule has 0 saturated carbocycles. The van der Waals surface area contributed by atoms with Gasteiger partial charge in [0.25, 0.3) is 0 Å². The average Bonchev–Trinajstić information content (AvgIpc) is 2.57. The van der Waals surface area contributed by atoms with Crippen LogP contribution in [0.1, 0.15) is 24.1 Å². The van der Waals surface area contributed by atoms with E-state index in [0.29, 0.717) is 18.6 Å². The normalized spacial score (nSPS) is 9.85. The SMILES string of the molecule is C=CCCCC(=O)Cc1cccs1. The van der Waals surface area contributed by atoms with Crippen molar-refractivity contribution in [1.29, 1.82) is 0 Å². The summed E-state index contributed by atoms with van der Waals surface area (Å²) < 4.78 is 0. The molecule has 70 valence electrons. The predicted molar refractivity (Wildman–Crippen MR) is 57.1 cm³/mol. The Morgan fingerprint density at radius 1 is 1.62 bits per heavy atom. The maximum absolute atomic E-state index is 11.4. The van der Waals surface area contributed by atoms with E-state index in [1.54, 1.807) is 11.3 Å². The largest absolute Gasteiger partial charge is 0.299 e. The lowest BCUT2D eigenvalue weighted by Gasteiger charge is -1.96. The first-order valence-corrected chi connectivity index (χ1v) is 5.36. The number of unbranched alkanes of at least 4 members (excludes halogenated alkanes) is 1. The third kappa shape index (κ3) is 4.04. The molecule has 0 spiro atoms. The Morgan fingerprint density at radius 2 is 2.46 bits per heavy atom. The zero-order chi connectivity index (χ0) is 9.52. The summed E-state index contributed by atoms with van der Waals surface area (Å²) in [6.07, 6.45) is 5.03.